The first kappa shape index (κ1) is 28.1. The van der Waals surface area contributed by atoms with Gasteiger partial charge in [-0.2, -0.15) is 0 Å². The van der Waals surface area contributed by atoms with Gasteiger partial charge >= 0.3 is 29.8 Å². The molecule has 1 rings (SSSR count). The number of nitrogens with one attached hydrogen (secondary N) is 1. The van der Waals surface area contributed by atoms with Gasteiger partial charge in [0.1, 0.15) is 6.61 Å². The lowest BCUT2D eigenvalue weighted by molar-refractivity contribution is -0.202. The van der Waals surface area contributed by atoms with E-state index in [9.17, 15) is 28.8 Å². The highest BCUT2D eigenvalue weighted by Crippen LogP contribution is 2.21. The average Bonchev–Trinajstić information content (AvgIpc) is 2.72. The lowest BCUT2D eigenvalue weighted by Crippen LogP contribution is -2.56. The number of esters is 5. The molecular formula is C22H27NO11. The molecule has 0 spiro atoms. The zero-order chi connectivity index (χ0) is 25.8. The Balaban J connectivity index is 3.50. The van der Waals surface area contributed by atoms with E-state index in [-0.39, 0.29) is 0 Å². The molecule has 12 nitrogen and oxygen atoms in total. The van der Waals surface area contributed by atoms with Crippen molar-refractivity contribution >= 4 is 41.4 Å². The number of carbonyl (C=O) groups excluding carboxylic acids is 6. The standard InChI is InChI=1S/C22H27NO11/c1-12(24)30-11-18(31-13(2)25)19(32-14(3)26)20(33-15(4)27)21(34-16(5)28)22(29)23-17-9-7-6-8-10-17/h6-10,18-21H,11H2,1-5H3,(H,23,29)/t18-,19-,20+,21-/m1/s1. The summed E-state index contributed by atoms with van der Waals surface area (Å²) >= 11 is 0. The minimum absolute atomic E-state index is 0.326. The van der Waals surface area contributed by atoms with Gasteiger partial charge in [0.25, 0.3) is 5.91 Å². The Morgan fingerprint density at radius 1 is 0.676 bits per heavy atom. The summed E-state index contributed by atoms with van der Waals surface area (Å²) in [5.41, 5.74) is 0.326. The predicted molar refractivity (Wildman–Crippen MR) is 114 cm³/mol. The molecule has 1 amide bonds. The van der Waals surface area contributed by atoms with E-state index in [0.29, 0.717) is 5.69 Å². The van der Waals surface area contributed by atoms with Crippen molar-refractivity contribution in [1.82, 2.24) is 0 Å². The summed E-state index contributed by atoms with van der Waals surface area (Å²) in [4.78, 5) is 71.6. The molecule has 0 unspecified atom stereocenters. The molecule has 0 aliphatic rings. The number of rotatable bonds is 11. The number of anilines is 1. The number of hydrogen-bond donors (Lipinski definition) is 1. The summed E-state index contributed by atoms with van der Waals surface area (Å²) in [5, 5.41) is 2.50. The molecule has 0 saturated carbocycles. The van der Waals surface area contributed by atoms with Gasteiger partial charge in [-0.15, -0.1) is 0 Å². The van der Waals surface area contributed by atoms with E-state index in [4.69, 9.17) is 23.7 Å². The van der Waals surface area contributed by atoms with Gasteiger partial charge < -0.3 is 29.0 Å². The number of amides is 1. The SMILES string of the molecule is CC(=O)OC[C@@H](OC(C)=O)[C@@H](OC(C)=O)[C@H](OC(C)=O)[C@@H](OC(C)=O)C(=O)Nc1ccccc1. The second kappa shape index (κ2) is 13.6. The fourth-order valence-corrected chi connectivity index (χ4v) is 2.83. The van der Waals surface area contributed by atoms with E-state index in [1.165, 1.54) is 0 Å². The first-order valence-electron chi connectivity index (χ1n) is 10.1. The highest BCUT2D eigenvalue weighted by atomic mass is 16.6. The molecule has 0 radical (unpaired) electrons. The zero-order valence-corrected chi connectivity index (χ0v) is 19.4. The largest absolute Gasteiger partial charge is 0.462 e. The van der Waals surface area contributed by atoms with Crippen molar-refractivity contribution in [2.45, 2.75) is 59.0 Å². The zero-order valence-electron chi connectivity index (χ0n) is 19.4. The van der Waals surface area contributed by atoms with Gasteiger partial charge in [-0.25, -0.2) is 0 Å². The molecule has 0 aromatic heterocycles. The van der Waals surface area contributed by atoms with Crippen LogP contribution in [0.25, 0.3) is 0 Å². The van der Waals surface area contributed by atoms with Crippen molar-refractivity contribution in [2.75, 3.05) is 11.9 Å². The monoisotopic (exact) mass is 481 g/mol. The molecule has 0 saturated heterocycles. The average molecular weight is 481 g/mol. The molecular weight excluding hydrogens is 454 g/mol. The quantitative estimate of drug-likeness (QED) is 0.353. The maximum atomic E-state index is 13.1. The third-order valence-electron chi connectivity index (χ3n) is 3.95. The lowest BCUT2D eigenvalue weighted by Gasteiger charge is -2.34. The maximum absolute atomic E-state index is 13.1. The molecule has 0 aliphatic carbocycles. The van der Waals surface area contributed by atoms with Crippen LogP contribution in [0.5, 0.6) is 0 Å². The van der Waals surface area contributed by atoms with Crippen molar-refractivity contribution in [3.63, 3.8) is 0 Å². The Morgan fingerprint density at radius 3 is 1.65 bits per heavy atom. The van der Waals surface area contributed by atoms with Crippen molar-refractivity contribution in [3.8, 4) is 0 Å². The smallest absolute Gasteiger partial charge is 0.303 e. The molecule has 1 aromatic rings. The maximum Gasteiger partial charge on any atom is 0.303 e. The fourth-order valence-electron chi connectivity index (χ4n) is 2.83. The van der Waals surface area contributed by atoms with Gasteiger partial charge in [0.15, 0.2) is 18.3 Å². The van der Waals surface area contributed by atoms with Crippen LogP contribution >= 0.6 is 0 Å². The predicted octanol–water partition coefficient (Wildman–Crippen LogP) is 0.915. The molecule has 34 heavy (non-hydrogen) atoms. The topological polar surface area (TPSA) is 161 Å². The minimum Gasteiger partial charge on any atom is -0.462 e. The van der Waals surface area contributed by atoms with Crippen molar-refractivity contribution in [1.29, 1.82) is 0 Å². The van der Waals surface area contributed by atoms with Crippen LogP contribution in [-0.2, 0) is 52.5 Å². The molecule has 1 N–H and O–H groups in total. The van der Waals surface area contributed by atoms with Gasteiger partial charge in [0, 0.05) is 40.3 Å². The summed E-state index contributed by atoms with van der Waals surface area (Å²) in [6, 6.07) is 8.08. The molecule has 0 fully saturated rings. The van der Waals surface area contributed by atoms with Crippen LogP contribution in [0.2, 0.25) is 0 Å². The van der Waals surface area contributed by atoms with E-state index in [1.54, 1.807) is 30.3 Å². The molecule has 0 aliphatic heterocycles. The van der Waals surface area contributed by atoms with Gasteiger partial charge in [-0.3, -0.25) is 28.8 Å². The fraction of sp³-hybridized carbons (Fsp3) is 0.455. The number of ether oxygens (including phenoxy) is 5. The van der Waals surface area contributed by atoms with E-state index in [0.717, 1.165) is 34.6 Å². The molecule has 0 bridgehead atoms. The Bertz CT molecular complexity index is 899. The van der Waals surface area contributed by atoms with Crippen LogP contribution in [0.3, 0.4) is 0 Å². The molecule has 186 valence electrons. The first-order valence-corrected chi connectivity index (χ1v) is 10.1. The van der Waals surface area contributed by atoms with Crippen molar-refractivity contribution in [2.24, 2.45) is 0 Å². The van der Waals surface area contributed by atoms with Crippen LogP contribution < -0.4 is 5.32 Å². The Hall–Kier alpha value is -3.96. The first-order chi connectivity index (χ1) is 15.9. The van der Waals surface area contributed by atoms with Gasteiger partial charge in [-0.1, -0.05) is 18.2 Å². The summed E-state index contributed by atoms with van der Waals surface area (Å²) in [6.07, 6.45) is -6.84. The summed E-state index contributed by atoms with van der Waals surface area (Å²) in [5.74, 6) is -5.29. The highest BCUT2D eigenvalue weighted by molar-refractivity contribution is 5.96. The molecule has 12 heteroatoms. The van der Waals surface area contributed by atoms with Crippen LogP contribution in [0.15, 0.2) is 30.3 Å². The van der Waals surface area contributed by atoms with E-state index in [2.05, 4.69) is 5.32 Å². The van der Waals surface area contributed by atoms with Crippen molar-refractivity contribution < 1.29 is 52.5 Å². The third-order valence-corrected chi connectivity index (χ3v) is 3.95. The molecule has 0 heterocycles. The molecule has 1 aromatic carbocycles. The van der Waals surface area contributed by atoms with E-state index in [1.807, 2.05) is 0 Å². The normalized spacial score (nSPS) is 13.8. The summed E-state index contributed by atoms with van der Waals surface area (Å²) in [7, 11) is 0. The second-order valence-corrected chi connectivity index (χ2v) is 6.98. The number of para-hydroxylation sites is 1. The Morgan fingerprint density at radius 2 is 1.18 bits per heavy atom. The highest BCUT2D eigenvalue weighted by Gasteiger charge is 2.47. The summed E-state index contributed by atoms with van der Waals surface area (Å²) < 4.78 is 25.6. The van der Waals surface area contributed by atoms with Gasteiger partial charge in [-0.05, 0) is 12.1 Å². The van der Waals surface area contributed by atoms with Gasteiger partial charge in [0.2, 0.25) is 6.10 Å². The van der Waals surface area contributed by atoms with Crippen molar-refractivity contribution in [3.05, 3.63) is 30.3 Å². The lowest BCUT2D eigenvalue weighted by atomic mass is 10.0. The van der Waals surface area contributed by atoms with E-state index < -0.39 is 66.8 Å². The Kier molecular flexibility index (Phi) is 11.2. The third kappa shape index (κ3) is 10.1. The number of hydrogen-bond acceptors (Lipinski definition) is 11. The Labute approximate surface area is 195 Å². The number of carbonyl (C=O) groups is 6. The minimum atomic E-state index is -1.85. The van der Waals surface area contributed by atoms with Crippen LogP contribution in [0.4, 0.5) is 5.69 Å². The van der Waals surface area contributed by atoms with Gasteiger partial charge in [0.05, 0.1) is 0 Å². The van der Waals surface area contributed by atoms with Crippen LogP contribution in [0.1, 0.15) is 34.6 Å². The number of benzene rings is 1. The van der Waals surface area contributed by atoms with Crippen LogP contribution in [-0.4, -0.2) is 66.8 Å². The second-order valence-electron chi connectivity index (χ2n) is 6.98. The summed E-state index contributed by atoms with van der Waals surface area (Å²) in [6.45, 7) is 4.54. The van der Waals surface area contributed by atoms with E-state index >= 15 is 0 Å². The van der Waals surface area contributed by atoms with Crippen LogP contribution in [0, 0.1) is 0 Å². The molecule has 4 atom stereocenters.